The second-order valence-electron chi connectivity index (χ2n) is 5.08. The highest BCUT2D eigenvalue weighted by atomic mass is 35.5. The lowest BCUT2D eigenvalue weighted by atomic mass is 10.0. The van der Waals surface area contributed by atoms with Gasteiger partial charge in [-0.15, -0.1) is 0 Å². The molecule has 0 aliphatic rings. The van der Waals surface area contributed by atoms with E-state index in [1.54, 1.807) is 13.0 Å². The Balaban J connectivity index is 2.01. The van der Waals surface area contributed by atoms with Gasteiger partial charge >= 0.3 is 0 Å². The molecule has 1 amide bonds. The van der Waals surface area contributed by atoms with E-state index in [2.05, 4.69) is 5.32 Å². The molecular formula is C17H18ClNO2. The van der Waals surface area contributed by atoms with E-state index < -0.39 is 0 Å². The van der Waals surface area contributed by atoms with Crippen molar-refractivity contribution in [3.8, 4) is 5.75 Å². The van der Waals surface area contributed by atoms with Gasteiger partial charge in [0, 0.05) is 11.6 Å². The lowest BCUT2D eigenvalue weighted by molar-refractivity contribution is 0.0951. The highest BCUT2D eigenvalue weighted by molar-refractivity contribution is 6.31. The standard InChI is InChI=1S/C17H18ClNO2/c1-11-9-12(2)16(20)14(10-11)17(21)19-8-7-13-5-3-4-6-15(13)18/h3-6,9-10,20H,7-8H2,1-2H3,(H,19,21). The fourth-order valence-corrected chi connectivity index (χ4v) is 2.47. The third kappa shape index (κ3) is 3.76. The van der Waals surface area contributed by atoms with Gasteiger partial charge in [0.2, 0.25) is 0 Å². The first-order valence-corrected chi connectivity index (χ1v) is 7.18. The number of amides is 1. The van der Waals surface area contributed by atoms with Gasteiger partial charge in [-0.2, -0.15) is 0 Å². The maximum atomic E-state index is 12.1. The molecule has 2 rings (SSSR count). The van der Waals surface area contributed by atoms with E-state index in [1.807, 2.05) is 37.3 Å². The molecule has 0 aromatic heterocycles. The van der Waals surface area contributed by atoms with E-state index in [9.17, 15) is 9.90 Å². The Morgan fingerprint density at radius 2 is 1.95 bits per heavy atom. The summed E-state index contributed by atoms with van der Waals surface area (Å²) in [4.78, 5) is 12.1. The smallest absolute Gasteiger partial charge is 0.255 e. The van der Waals surface area contributed by atoms with Crippen LogP contribution >= 0.6 is 11.6 Å². The number of phenols is 1. The predicted molar refractivity (Wildman–Crippen MR) is 85.1 cm³/mol. The van der Waals surface area contributed by atoms with Crippen molar-refractivity contribution in [2.45, 2.75) is 20.3 Å². The van der Waals surface area contributed by atoms with E-state index in [4.69, 9.17) is 11.6 Å². The quantitative estimate of drug-likeness (QED) is 0.906. The molecule has 2 aromatic carbocycles. The molecule has 110 valence electrons. The fraction of sp³-hybridized carbons (Fsp3) is 0.235. The van der Waals surface area contributed by atoms with Gasteiger partial charge in [0.1, 0.15) is 5.75 Å². The first-order valence-electron chi connectivity index (χ1n) is 6.81. The Morgan fingerprint density at radius 3 is 2.67 bits per heavy atom. The van der Waals surface area contributed by atoms with Crippen molar-refractivity contribution in [2.75, 3.05) is 6.54 Å². The highest BCUT2D eigenvalue weighted by Gasteiger charge is 2.13. The molecule has 4 heteroatoms. The van der Waals surface area contributed by atoms with Gasteiger partial charge in [-0.3, -0.25) is 4.79 Å². The van der Waals surface area contributed by atoms with E-state index in [0.717, 1.165) is 11.1 Å². The van der Waals surface area contributed by atoms with Crippen molar-refractivity contribution in [3.63, 3.8) is 0 Å². The Bertz CT molecular complexity index is 668. The number of halogens is 1. The molecule has 0 unspecified atom stereocenters. The van der Waals surface area contributed by atoms with Crippen molar-refractivity contribution in [1.82, 2.24) is 5.32 Å². The van der Waals surface area contributed by atoms with Crippen LogP contribution in [-0.4, -0.2) is 17.6 Å². The summed E-state index contributed by atoms with van der Waals surface area (Å²) in [6, 6.07) is 11.1. The second-order valence-corrected chi connectivity index (χ2v) is 5.48. The highest BCUT2D eigenvalue weighted by Crippen LogP contribution is 2.23. The molecule has 0 radical (unpaired) electrons. The number of benzene rings is 2. The number of carbonyl (C=O) groups excluding carboxylic acids is 1. The SMILES string of the molecule is Cc1cc(C)c(O)c(C(=O)NCCc2ccccc2Cl)c1. The topological polar surface area (TPSA) is 49.3 Å². The number of carbonyl (C=O) groups is 1. The molecule has 0 heterocycles. The van der Waals surface area contributed by atoms with Crippen LogP contribution < -0.4 is 5.32 Å². The van der Waals surface area contributed by atoms with Crippen molar-refractivity contribution in [1.29, 1.82) is 0 Å². The Morgan fingerprint density at radius 1 is 1.24 bits per heavy atom. The minimum Gasteiger partial charge on any atom is -0.507 e. The van der Waals surface area contributed by atoms with Gasteiger partial charge < -0.3 is 10.4 Å². The molecule has 2 aromatic rings. The van der Waals surface area contributed by atoms with Crippen LogP contribution in [0.5, 0.6) is 5.75 Å². The van der Waals surface area contributed by atoms with Crippen LogP contribution in [-0.2, 0) is 6.42 Å². The summed E-state index contributed by atoms with van der Waals surface area (Å²) >= 11 is 6.07. The number of nitrogens with one attached hydrogen (secondary N) is 1. The minimum atomic E-state index is -0.272. The maximum absolute atomic E-state index is 12.1. The average molecular weight is 304 g/mol. The maximum Gasteiger partial charge on any atom is 0.255 e. The van der Waals surface area contributed by atoms with E-state index in [1.165, 1.54) is 0 Å². The van der Waals surface area contributed by atoms with Gasteiger partial charge in [0.05, 0.1) is 5.56 Å². The van der Waals surface area contributed by atoms with Crippen LogP contribution in [0, 0.1) is 13.8 Å². The molecule has 0 spiro atoms. The lowest BCUT2D eigenvalue weighted by Gasteiger charge is -2.10. The number of aryl methyl sites for hydroxylation is 2. The van der Waals surface area contributed by atoms with Gasteiger partial charge in [0.15, 0.2) is 0 Å². The van der Waals surface area contributed by atoms with Gasteiger partial charge in [-0.25, -0.2) is 0 Å². The number of aromatic hydroxyl groups is 1. The number of phenolic OH excluding ortho intramolecular Hbond substituents is 1. The van der Waals surface area contributed by atoms with Crippen molar-refractivity contribution >= 4 is 17.5 Å². The lowest BCUT2D eigenvalue weighted by Crippen LogP contribution is -2.26. The summed E-state index contributed by atoms with van der Waals surface area (Å²) in [7, 11) is 0. The van der Waals surface area contributed by atoms with Crippen LogP contribution in [0.15, 0.2) is 36.4 Å². The summed E-state index contributed by atoms with van der Waals surface area (Å²) in [6.07, 6.45) is 0.650. The molecule has 0 aliphatic carbocycles. The summed E-state index contributed by atoms with van der Waals surface area (Å²) in [5.74, 6) is -0.234. The molecule has 0 bridgehead atoms. The summed E-state index contributed by atoms with van der Waals surface area (Å²) in [6.45, 7) is 4.14. The molecular weight excluding hydrogens is 286 g/mol. The first-order chi connectivity index (χ1) is 9.99. The van der Waals surface area contributed by atoms with Crippen molar-refractivity contribution in [3.05, 3.63) is 63.7 Å². The number of rotatable bonds is 4. The fourth-order valence-electron chi connectivity index (χ4n) is 2.24. The Kier molecular flexibility index (Phi) is 4.86. The largest absolute Gasteiger partial charge is 0.507 e. The zero-order chi connectivity index (χ0) is 15.4. The van der Waals surface area contributed by atoms with Gasteiger partial charge in [-0.05, 0) is 49.1 Å². The number of hydrogen-bond donors (Lipinski definition) is 2. The second kappa shape index (κ2) is 6.64. The van der Waals surface area contributed by atoms with Crippen molar-refractivity contribution < 1.29 is 9.90 Å². The summed E-state index contributed by atoms with van der Waals surface area (Å²) in [5, 5.41) is 13.5. The van der Waals surface area contributed by atoms with Gasteiger partial charge in [-0.1, -0.05) is 35.9 Å². The molecule has 0 aliphatic heterocycles. The zero-order valence-corrected chi connectivity index (χ0v) is 12.9. The molecule has 0 fully saturated rings. The van der Waals surface area contributed by atoms with E-state index in [0.29, 0.717) is 29.1 Å². The third-order valence-corrected chi connectivity index (χ3v) is 3.70. The van der Waals surface area contributed by atoms with Crippen molar-refractivity contribution in [2.24, 2.45) is 0 Å². The summed E-state index contributed by atoms with van der Waals surface area (Å²) in [5.41, 5.74) is 2.95. The predicted octanol–water partition coefficient (Wildman–Crippen LogP) is 3.63. The van der Waals surface area contributed by atoms with Crippen LogP contribution in [0.25, 0.3) is 0 Å². The monoisotopic (exact) mass is 303 g/mol. The molecule has 0 atom stereocenters. The Hall–Kier alpha value is -2.00. The van der Waals surface area contributed by atoms with E-state index in [-0.39, 0.29) is 11.7 Å². The van der Waals surface area contributed by atoms with E-state index >= 15 is 0 Å². The van der Waals surface area contributed by atoms with Gasteiger partial charge in [0.25, 0.3) is 5.91 Å². The minimum absolute atomic E-state index is 0.0378. The first kappa shape index (κ1) is 15.4. The van der Waals surface area contributed by atoms with Crippen LogP contribution in [0.4, 0.5) is 0 Å². The molecule has 0 saturated heterocycles. The van der Waals surface area contributed by atoms with Crippen LogP contribution in [0.2, 0.25) is 5.02 Å². The average Bonchev–Trinajstić information content (AvgIpc) is 2.44. The molecule has 2 N–H and O–H groups in total. The van der Waals surface area contributed by atoms with Crippen LogP contribution in [0.1, 0.15) is 27.0 Å². The van der Waals surface area contributed by atoms with Crippen LogP contribution in [0.3, 0.4) is 0 Å². The number of hydrogen-bond acceptors (Lipinski definition) is 2. The molecule has 21 heavy (non-hydrogen) atoms. The molecule has 0 saturated carbocycles. The molecule has 3 nitrogen and oxygen atoms in total. The Labute approximate surface area is 129 Å². The zero-order valence-electron chi connectivity index (χ0n) is 12.1. The normalized spacial score (nSPS) is 10.4. The third-order valence-electron chi connectivity index (χ3n) is 3.33. The summed E-state index contributed by atoms with van der Waals surface area (Å²) < 4.78 is 0.